The van der Waals surface area contributed by atoms with Crippen LogP contribution < -0.4 is 21.5 Å². The molecule has 0 spiro atoms. The number of hydrogen-bond acceptors (Lipinski definition) is 7. The van der Waals surface area contributed by atoms with E-state index in [0.717, 1.165) is 60.2 Å². The van der Waals surface area contributed by atoms with Crippen molar-refractivity contribution in [2.45, 2.75) is 63.6 Å². The summed E-state index contributed by atoms with van der Waals surface area (Å²) in [6.45, 7) is 2.03. The molecule has 0 saturated heterocycles. The second-order valence-corrected chi connectivity index (χ2v) is 9.61. The Morgan fingerprint density at radius 1 is 1.05 bits per heavy atom. The van der Waals surface area contributed by atoms with Crippen LogP contribution >= 0.6 is 0 Å². The van der Waals surface area contributed by atoms with Gasteiger partial charge in [0.2, 0.25) is 5.91 Å². The minimum absolute atomic E-state index is 0.0554. The largest absolute Gasteiger partial charge is 0.457 e. The molecule has 0 radical (unpaired) electrons. The predicted octanol–water partition coefficient (Wildman–Crippen LogP) is 4.60. The molecular weight excluding hydrogens is 466 g/mol. The first-order valence-electron chi connectivity index (χ1n) is 12.9. The fraction of sp³-hybridized carbons (Fsp3) is 0.357. The van der Waals surface area contributed by atoms with Crippen LogP contribution in [0.15, 0.2) is 60.8 Å². The smallest absolute Gasteiger partial charge is 0.237 e. The standard InChI is InChI=1S/C28H33N7O2/c1-2-6-24(29)28(36)32-19-11-13-20(14-12-19)35-27-23(17-31-35)25(30)33-26(34-27)18-9-15-22(16-10-18)37-21-7-4-3-5-8-21/h3-5,7-10,15-17,19-20,24H,2,6,11-14,29H2,1H3,(H,32,36)(H2,30,33,34)/t19?,20?,24-/m0/s1. The molecule has 5 N–H and O–H groups in total. The number of benzene rings is 2. The van der Waals surface area contributed by atoms with E-state index in [-0.39, 0.29) is 18.0 Å². The summed E-state index contributed by atoms with van der Waals surface area (Å²) >= 11 is 0. The van der Waals surface area contributed by atoms with Gasteiger partial charge in [0, 0.05) is 11.6 Å². The van der Waals surface area contributed by atoms with Crippen molar-refractivity contribution in [1.82, 2.24) is 25.1 Å². The second-order valence-electron chi connectivity index (χ2n) is 9.61. The molecule has 5 rings (SSSR count). The summed E-state index contributed by atoms with van der Waals surface area (Å²) in [5.41, 5.74) is 13.9. The Labute approximate surface area is 216 Å². The number of amides is 1. The first-order valence-corrected chi connectivity index (χ1v) is 12.9. The first-order chi connectivity index (χ1) is 18.0. The highest BCUT2D eigenvalue weighted by Gasteiger charge is 2.27. The highest BCUT2D eigenvalue weighted by Crippen LogP contribution is 2.32. The van der Waals surface area contributed by atoms with E-state index in [9.17, 15) is 4.79 Å². The summed E-state index contributed by atoms with van der Waals surface area (Å²) in [5.74, 6) is 2.40. The molecule has 9 nitrogen and oxygen atoms in total. The summed E-state index contributed by atoms with van der Waals surface area (Å²) < 4.78 is 7.86. The molecule has 4 aromatic rings. The van der Waals surface area contributed by atoms with Gasteiger partial charge in [0.1, 0.15) is 17.3 Å². The average molecular weight is 500 g/mol. The van der Waals surface area contributed by atoms with Gasteiger partial charge in [-0.25, -0.2) is 14.6 Å². The molecule has 1 amide bonds. The molecule has 1 saturated carbocycles. The highest BCUT2D eigenvalue weighted by atomic mass is 16.5. The van der Waals surface area contributed by atoms with E-state index in [0.29, 0.717) is 18.1 Å². The minimum Gasteiger partial charge on any atom is -0.457 e. The van der Waals surface area contributed by atoms with E-state index in [4.69, 9.17) is 21.2 Å². The maximum atomic E-state index is 12.3. The first kappa shape index (κ1) is 24.7. The number of nitrogen functional groups attached to an aromatic ring is 1. The molecule has 1 atom stereocenters. The number of rotatable bonds is 8. The molecule has 192 valence electrons. The maximum absolute atomic E-state index is 12.3. The van der Waals surface area contributed by atoms with Gasteiger partial charge in [-0.05, 0) is 68.5 Å². The fourth-order valence-electron chi connectivity index (χ4n) is 4.86. The van der Waals surface area contributed by atoms with Crippen molar-refractivity contribution in [2.24, 2.45) is 5.73 Å². The lowest BCUT2D eigenvalue weighted by molar-refractivity contribution is -0.123. The molecule has 2 aromatic heterocycles. The van der Waals surface area contributed by atoms with Gasteiger partial charge in [0.15, 0.2) is 11.5 Å². The molecule has 9 heteroatoms. The summed E-state index contributed by atoms with van der Waals surface area (Å²) in [4.78, 5) is 21.7. The van der Waals surface area contributed by atoms with Crippen LogP contribution in [0, 0.1) is 0 Å². The van der Waals surface area contributed by atoms with Crippen LogP contribution in [-0.4, -0.2) is 37.7 Å². The highest BCUT2D eigenvalue weighted by molar-refractivity contribution is 5.87. The van der Waals surface area contributed by atoms with Crippen molar-refractivity contribution < 1.29 is 9.53 Å². The van der Waals surface area contributed by atoms with Crippen molar-refractivity contribution in [3.05, 3.63) is 60.8 Å². The zero-order chi connectivity index (χ0) is 25.8. The second kappa shape index (κ2) is 11.0. The van der Waals surface area contributed by atoms with E-state index < -0.39 is 6.04 Å². The number of carbonyl (C=O) groups excluding carboxylic acids is 1. The number of para-hydroxylation sites is 1. The molecular formula is C28H33N7O2. The summed E-state index contributed by atoms with van der Waals surface area (Å²) in [7, 11) is 0. The Kier molecular flexibility index (Phi) is 7.32. The molecule has 0 aliphatic heterocycles. The van der Waals surface area contributed by atoms with Crippen molar-refractivity contribution in [3.63, 3.8) is 0 Å². The van der Waals surface area contributed by atoms with Crippen molar-refractivity contribution in [1.29, 1.82) is 0 Å². The predicted molar refractivity (Wildman–Crippen MR) is 144 cm³/mol. The third kappa shape index (κ3) is 5.56. The monoisotopic (exact) mass is 499 g/mol. The van der Waals surface area contributed by atoms with Crippen LogP contribution in [0.3, 0.4) is 0 Å². The number of anilines is 1. The Morgan fingerprint density at radius 2 is 1.76 bits per heavy atom. The van der Waals surface area contributed by atoms with Crippen LogP contribution in [0.1, 0.15) is 51.5 Å². The van der Waals surface area contributed by atoms with Gasteiger partial charge in [-0.2, -0.15) is 5.10 Å². The van der Waals surface area contributed by atoms with Gasteiger partial charge in [-0.1, -0.05) is 31.5 Å². The Morgan fingerprint density at radius 3 is 2.46 bits per heavy atom. The average Bonchev–Trinajstić information content (AvgIpc) is 3.35. The van der Waals surface area contributed by atoms with Crippen molar-refractivity contribution >= 4 is 22.8 Å². The molecule has 1 aliphatic rings. The van der Waals surface area contributed by atoms with Crippen molar-refractivity contribution in [3.8, 4) is 22.9 Å². The molecule has 0 unspecified atom stereocenters. The SMILES string of the molecule is CCC[C@H](N)C(=O)NC1CCC(n2ncc3c(N)nc(-c4ccc(Oc5ccccc5)cc4)nc32)CC1. The van der Waals surface area contributed by atoms with E-state index in [1.165, 1.54) is 0 Å². The number of nitrogens with zero attached hydrogens (tertiary/aromatic N) is 4. The van der Waals surface area contributed by atoms with Crippen molar-refractivity contribution in [2.75, 3.05) is 5.73 Å². The maximum Gasteiger partial charge on any atom is 0.237 e. The van der Waals surface area contributed by atoms with Crippen LogP contribution in [0.5, 0.6) is 11.5 Å². The third-order valence-corrected chi connectivity index (χ3v) is 6.90. The molecule has 1 aliphatic carbocycles. The summed E-state index contributed by atoms with van der Waals surface area (Å²) in [6, 6.07) is 17.2. The van der Waals surface area contributed by atoms with E-state index in [1.807, 2.05) is 66.2 Å². The van der Waals surface area contributed by atoms with E-state index in [2.05, 4.69) is 15.4 Å². The van der Waals surface area contributed by atoms with Gasteiger partial charge in [0.05, 0.1) is 23.7 Å². The lowest BCUT2D eigenvalue weighted by Crippen LogP contribution is -2.46. The normalized spacial score (nSPS) is 18.4. The molecule has 37 heavy (non-hydrogen) atoms. The zero-order valence-corrected chi connectivity index (χ0v) is 21.0. The number of nitrogens with two attached hydrogens (primary N) is 2. The quantitative estimate of drug-likeness (QED) is 0.323. The van der Waals surface area contributed by atoms with Crippen LogP contribution in [0.2, 0.25) is 0 Å². The summed E-state index contributed by atoms with van der Waals surface area (Å²) in [5, 5.41) is 8.48. The minimum atomic E-state index is -0.435. The van der Waals surface area contributed by atoms with Gasteiger partial charge in [-0.15, -0.1) is 0 Å². The van der Waals surface area contributed by atoms with Gasteiger partial charge in [-0.3, -0.25) is 4.79 Å². The van der Waals surface area contributed by atoms with E-state index in [1.54, 1.807) is 6.20 Å². The Bertz CT molecular complexity index is 1350. The molecule has 2 heterocycles. The van der Waals surface area contributed by atoms with Crippen LogP contribution in [-0.2, 0) is 4.79 Å². The number of fused-ring (bicyclic) bond motifs is 1. The van der Waals surface area contributed by atoms with Crippen LogP contribution in [0.4, 0.5) is 5.82 Å². The number of carbonyl (C=O) groups is 1. The lowest BCUT2D eigenvalue weighted by Gasteiger charge is -2.30. The topological polar surface area (TPSA) is 134 Å². The third-order valence-electron chi connectivity index (χ3n) is 6.90. The number of aromatic nitrogens is 4. The van der Waals surface area contributed by atoms with Gasteiger partial charge in [0.25, 0.3) is 0 Å². The fourth-order valence-corrected chi connectivity index (χ4v) is 4.86. The van der Waals surface area contributed by atoms with Crippen LogP contribution in [0.25, 0.3) is 22.4 Å². The lowest BCUT2D eigenvalue weighted by atomic mass is 9.91. The molecule has 0 bridgehead atoms. The Hall–Kier alpha value is -3.98. The van der Waals surface area contributed by atoms with E-state index >= 15 is 0 Å². The zero-order valence-electron chi connectivity index (χ0n) is 21.0. The molecule has 1 fully saturated rings. The van der Waals surface area contributed by atoms with Gasteiger partial charge >= 0.3 is 0 Å². The Balaban J connectivity index is 1.30. The molecule has 2 aromatic carbocycles. The number of hydrogen-bond donors (Lipinski definition) is 3. The number of ether oxygens (including phenoxy) is 1. The summed E-state index contributed by atoms with van der Waals surface area (Å²) in [6.07, 6.45) is 6.84. The number of nitrogens with one attached hydrogen (secondary N) is 1. The van der Waals surface area contributed by atoms with Gasteiger partial charge < -0.3 is 21.5 Å².